The average molecular weight is 327 g/mol. The summed E-state index contributed by atoms with van der Waals surface area (Å²) >= 11 is 0. The molecule has 0 bridgehead atoms. The number of hydrogen-bond acceptors (Lipinski definition) is 2. The summed E-state index contributed by atoms with van der Waals surface area (Å²) in [5.41, 5.74) is 3.42. The Kier molecular flexibility index (Phi) is 4.95. The van der Waals surface area contributed by atoms with E-state index in [1.54, 1.807) is 0 Å². The second-order valence-corrected chi connectivity index (χ2v) is 6.46. The maximum atomic E-state index is 13.3. The zero-order chi connectivity index (χ0) is 17.1. The van der Waals surface area contributed by atoms with Crippen LogP contribution in [-0.4, -0.2) is 29.1 Å². The Morgan fingerprint density at radius 3 is 2.33 bits per heavy atom. The van der Waals surface area contributed by atoms with Crippen LogP contribution in [0.4, 0.5) is 4.39 Å². The molecule has 2 aromatic rings. The van der Waals surface area contributed by atoms with Gasteiger partial charge in [-0.2, -0.15) is 0 Å². The summed E-state index contributed by atoms with van der Waals surface area (Å²) in [4.78, 5) is 13.5. The van der Waals surface area contributed by atoms with Gasteiger partial charge in [0.1, 0.15) is 5.82 Å². The van der Waals surface area contributed by atoms with Crippen LogP contribution < -0.4 is 0 Å². The lowest BCUT2D eigenvalue weighted by Crippen LogP contribution is -2.39. The number of halogens is 1. The molecule has 1 heterocycles. The summed E-state index contributed by atoms with van der Waals surface area (Å²) < 4.78 is 13.3. The number of aryl methyl sites for hydroxylation is 1. The summed E-state index contributed by atoms with van der Waals surface area (Å²) in [5, 5.41) is 9.21. The van der Waals surface area contributed by atoms with Crippen LogP contribution in [0.1, 0.15) is 35.6 Å². The van der Waals surface area contributed by atoms with E-state index in [1.165, 1.54) is 23.3 Å². The highest BCUT2D eigenvalue weighted by Crippen LogP contribution is 2.34. The monoisotopic (exact) mass is 327 g/mol. The van der Waals surface area contributed by atoms with Crippen LogP contribution in [-0.2, 0) is 4.79 Å². The largest absolute Gasteiger partial charge is 0.481 e. The Balaban J connectivity index is 1.93. The van der Waals surface area contributed by atoms with E-state index >= 15 is 0 Å². The SMILES string of the molecule is Cc1ccccc1C(c1ccc(F)cc1)N1CCC(C(=O)O)CC1. The van der Waals surface area contributed by atoms with Gasteiger partial charge in [0.2, 0.25) is 0 Å². The fourth-order valence-corrected chi connectivity index (χ4v) is 3.53. The van der Waals surface area contributed by atoms with E-state index in [1.807, 2.05) is 24.3 Å². The third-order valence-electron chi connectivity index (χ3n) is 4.91. The van der Waals surface area contributed by atoms with Crippen LogP contribution in [0.3, 0.4) is 0 Å². The van der Waals surface area contributed by atoms with E-state index in [9.17, 15) is 14.3 Å². The molecule has 1 saturated heterocycles. The molecule has 0 aliphatic carbocycles. The van der Waals surface area contributed by atoms with E-state index in [0.29, 0.717) is 12.8 Å². The maximum absolute atomic E-state index is 13.3. The molecular formula is C20H22FNO2. The summed E-state index contributed by atoms with van der Waals surface area (Å²) in [6.07, 6.45) is 1.30. The molecule has 24 heavy (non-hydrogen) atoms. The fraction of sp³-hybridized carbons (Fsp3) is 0.350. The van der Waals surface area contributed by atoms with Crippen molar-refractivity contribution in [1.29, 1.82) is 0 Å². The van der Waals surface area contributed by atoms with Crippen molar-refractivity contribution in [3.8, 4) is 0 Å². The molecule has 1 atom stereocenters. The molecule has 3 rings (SSSR count). The van der Waals surface area contributed by atoms with Crippen LogP contribution in [0.25, 0.3) is 0 Å². The van der Waals surface area contributed by atoms with Crippen molar-refractivity contribution < 1.29 is 14.3 Å². The minimum absolute atomic E-state index is 0.0292. The predicted octanol–water partition coefficient (Wildman–Crippen LogP) is 4.02. The van der Waals surface area contributed by atoms with Gasteiger partial charge in [0, 0.05) is 0 Å². The molecule has 4 heteroatoms. The molecule has 0 aromatic heterocycles. The highest BCUT2D eigenvalue weighted by atomic mass is 19.1. The molecule has 0 spiro atoms. The smallest absolute Gasteiger partial charge is 0.306 e. The topological polar surface area (TPSA) is 40.5 Å². The second kappa shape index (κ2) is 7.14. The quantitative estimate of drug-likeness (QED) is 0.922. The first-order valence-corrected chi connectivity index (χ1v) is 8.34. The zero-order valence-electron chi connectivity index (χ0n) is 13.8. The van der Waals surface area contributed by atoms with Crippen molar-refractivity contribution in [3.05, 3.63) is 71.0 Å². The fourth-order valence-electron chi connectivity index (χ4n) is 3.53. The molecule has 2 aromatic carbocycles. The predicted molar refractivity (Wildman–Crippen MR) is 91.4 cm³/mol. The minimum atomic E-state index is -0.705. The van der Waals surface area contributed by atoms with Gasteiger partial charge in [-0.3, -0.25) is 9.69 Å². The van der Waals surface area contributed by atoms with Gasteiger partial charge >= 0.3 is 5.97 Å². The number of carbonyl (C=O) groups is 1. The Labute approximate surface area is 141 Å². The van der Waals surface area contributed by atoms with E-state index in [-0.39, 0.29) is 17.8 Å². The Morgan fingerprint density at radius 2 is 1.75 bits per heavy atom. The Morgan fingerprint density at radius 1 is 1.12 bits per heavy atom. The molecule has 1 aliphatic rings. The number of benzene rings is 2. The van der Waals surface area contributed by atoms with Crippen molar-refractivity contribution >= 4 is 5.97 Å². The number of likely N-dealkylation sites (tertiary alicyclic amines) is 1. The number of rotatable bonds is 4. The second-order valence-electron chi connectivity index (χ2n) is 6.46. The van der Waals surface area contributed by atoms with Gasteiger partial charge in [-0.05, 0) is 61.7 Å². The maximum Gasteiger partial charge on any atom is 0.306 e. The van der Waals surface area contributed by atoms with Crippen LogP contribution in [0.5, 0.6) is 0 Å². The Hall–Kier alpha value is -2.20. The molecule has 1 unspecified atom stereocenters. The zero-order valence-corrected chi connectivity index (χ0v) is 13.8. The molecular weight excluding hydrogens is 305 g/mol. The van der Waals surface area contributed by atoms with Crippen molar-refractivity contribution in [1.82, 2.24) is 4.90 Å². The number of nitrogens with zero attached hydrogens (tertiary/aromatic N) is 1. The van der Waals surface area contributed by atoms with Crippen LogP contribution in [0.15, 0.2) is 48.5 Å². The highest BCUT2D eigenvalue weighted by molar-refractivity contribution is 5.70. The number of aliphatic carboxylic acids is 1. The molecule has 0 radical (unpaired) electrons. The normalized spacial score (nSPS) is 17.6. The summed E-state index contributed by atoms with van der Waals surface area (Å²) in [6, 6.07) is 14.9. The molecule has 1 aliphatic heterocycles. The number of piperidine rings is 1. The first-order chi connectivity index (χ1) is 11.6. The number of carboxylic acid groups (broad SMARTS) is 1. The molecule has 0 saturated carbocycles. The lowest BCUT2D eigenvalue weighted by molar-refractivity contribution is -0.143. The number of hydrogen-bond donors (Lipinski definition) is 1. The highest BCUT2D eigenvalue weighted by Gasteiger charge is 2.30. The summed E-state index contributed by atoms with van der Waals surface area (Å²) in [5.74, 6) is -1.21. The van der Waals surface area contributed by atoms with Gasteiger partial charge in [-0.25, -0.2) is 4.39 Å². The van der Waals surface area contributed by atoms with Crippen LogP contribution in [0, 0.1) is 18.7 Å². The molecule has 3 nitrogen and oxygen atoms in total. The minimum Gasteiger partial charge on any atom is -0.481 e. The van der Waals surface area contributed by atoms with Crippen molar-refractivity contribution in [3.63, 3.8) is 0 Å². The number of carboxylic acids is 1. The van der Waals surface area contributed by atoms with Gasteiger partial charge in [0.25, 0.3) is 0 Å². The first-order valence-electron chi connectivity index (χ1n) is 8.34. The molecule has 126 valence electrons. The van der Waals surface area contributed by atoms with Gasteiger partial charge in [-0.1, -0.05) is 36.4 Å². The molecule has 1 fully saturated rings. The van der Waals surface area contributed by atoms with Crippen molar-refractivity contribution in [2.75, 3.05) is 13.1 Å². The van der Waals surface area contributed by atoms with Gasteiger partial charge in [0.05, 0.1) is 12.0 Å². The lowest BCUT2D eigenvalue weighted by Gasteiger charge is -2.37. The van der Waals surface area contributed by atoms with E-state index in [4.69, 9.17) is 0 Å². The van der Waals surface area contributed by atoms with Gasteiger partial charge < -0.3 is 5.11 Å². The molecule has 1 N–H and O–H groups in total. The first kappa shape index (κ1) is 16.7. The summed E-state index contributed by atoms with van der Waals surface area (Å²) in [7, 11) is 0. The van der Waals surface area contributed by atoms with E-state index in [0.717, 1.165) is 18.7 Å². The standard InChI is InChI=1S/C20H22FNO2/c1-14-4-2-3-5-18(14)19(15-6-8-17(21)9-7-15)22-12-10-16(11-13-22)20(23)24/h2-9,16,19H,10-13H2,1H3,(H,23,24). The average Bonchev–Trinajstić information content (AvgIpc) is 2.59. The van der Waals surface area contributed by atoms with Crippen molar-refractivity contribution in [2.24, 2.45) is 5.92 Å². The van der Waals surface area contributed by atoms with Crippen LogP contribution >= 0.6 is 0 Å². The van der Waals surface area contributed by atoms with E-state index in [2.05, 4.69) is 24.0 Å². The van der Waals surface area contributed by atoms with Gasteiger partial charge in [0.15, 0.2) is 0 Å². The van der Waals surface area contributed by atoms with Gasteiger partial charge in [-0.15, -0.1) is 0 Å². The lowest BCUT2D eigenvalue weighted by atomic mass is 9.89. The molecule has 0 amide bonds. The van der Waals surface area contributed by atoms with Crippen molar-refractivity contribution in [2.45, 2.75) is 25.8 Å². The van der Waals surface area contributed by atoms with Crippen LogP contribution in [0.2, 0.25) is 0 Å². The van der Waals surface area contributed by atoms with E-state index < -0.39 is 5.97 Å². The third kappa shape index (κ3) is 3.49. The summed E-state index contributed by atoms with van der Waals surface area (Å²) in [6.45, 7) is 3.54. The third-order valence-corrected chi connectivity index (χ3v) is 4.91. The Bertz CT molecular complexity index is 706.